The van der Waals surface area contributed by atoms with Gasteiger partial charge in [0.15, 0.2) is 0 Å². The van der Waals surface area contributed by atoms with Gasteiger partial charge in [0, 0.05) is 0 Å². The molecule has 2 aromatic rings. The quantitative estimate of drug-likeness (QED) is 0.815. The molecular weight excluding hydrogens is 294 g/mol. The van der Waals surface area contributed by atoms with E-state index in [-0.39, 0.29) is 18.3 Å². The zero-order chi connectivity index (χ0) is 15.1. The van der Waals surface area contributed by atoms with Crippen LogP contribution in [-0.4, -0.2) is 35.8 Å². The highest BCUT2D eigenvalue weighted by Gasteiger charge is 2.20. The molecule has 0 aliphatic heterocycles. The first-order valence-corrected chi connectivity index (χ1v) is 11.9. The lowest BCUT2D eigenvalue weighted by Crippen LogP contribution is -2.24. The van der Waals surface area contributed by atoms with Crippen molar-refractivity contribution in [2.45, 2.75) is 12.6 Å². The average Bonchev–Trinajstić information content (AvgIpc) is 2.52. The van der Waals surface area contributed by atoms with Gasteiger partial charge in [0.05, 0.1) is 23.6 Å². The molecule has 2 rings (SSSR count). The number of hydrogen-bond acceptors (Lipinski definition) is 3. The van der Waals surface area contributed by atoms with E-state index in [1.54, 1.807) is 26.7 Å². The number of imidazole rings is 1. The van der Waals surface area contributed by atoms with Crippen LogP contribution in [0.25, 0.3) is 11.0 Å². The third kappa shape index (κ3) is 3.34. The molecule has 1 aromatic heterocycles. The van der Waals surface area contributed by atoms with Crippen LogP contribution >= 0.6 is 14.3 Å². The summed E-state index contributed by atoms with van der Waals surface area (Å²) in [6.45, 7) is 6.65. The molecule has 0 unspecified atom stereocenters. The molecule has 20 heavy (non-hydrogen) atoms. The molecule has 0 aliphatic carbocycles. The Bertz CT molecular complexity index is 728. The number of hydrogen-bond donors (Lipinski definition) is 0. The van der Waals surface area contributed by atoms with Gasteiger partial charge in [-0.3, -0.25) is 9.13 Å². The molecule has 0 atom stereocenters. The van der Waals surface area contributed by atoms with E-state index in [1.165, 1.54) is 9.13 Å². The number of aromatic nitrogens is 2. The molecule has 7 heteroatoms. The lowest BCUT2D eigenvalue weighted by molar-refractivity contribution is 0.570. The summed E-state index contributed by atoms with van der Waals surface area (Å²) in [5.74, 6) is 0. The SMILES string of the molecule is CP(C)(=O)Cn1c(=O)n(CP(C)(C)=O)c2ccccc21. The van der Waals surface area contributed by atoms with Gasteiger partial charge >= 0.3 is 5.69 Å². The van der Waals surface area contributed by atoms with Crippen LogP contribution in [0.5, 0.6) is 0 Å². The Morgan fingerprint density at radius 2 is 1.20 bits per heavy atom. The minimum Gasteiger partial charge on any atom is -0.322 e. The van der Waals surface area contributed by atoms with E-state index in [1.807, 2.05) is 24.3 Å². The second-order valence-corrected chi connectivity index (χ2v) is 12.9. The zero-order valence-corrected chi connectivity index (χ0v) is 14.0. The summed E-state index contributed by atoms with van der Waals surface area (Å²) >= 11 is 0. The minimum atomic E-state index is -2.38. The van der Waals surface area contributed by atoms with Crippen LogP contribution < -0.4 is 5.69 Å². The zero-order valence-electron chi connectivity index (χ0n) is 12.2. The van der Waals surface area contributed by atoms with E-state index in [0.717, 1.165) is 11.0 Å². The molecule has 0 saturated carbocycles. The average molecular weight is 314 g/mol. The predicted octanol–water partition coefficient (Wildman–Crippen LogP) is 2.96. The molecule has 110 valence electrons. The molecule has 1 aromatic carbocycles. The lowest BCUT2D eigenvalue weighted by atomic mass is 10.3. The fourth-order valence-corrected chi connectivity index (χ4v) is 4.14. The van der Waals surface area contributed by atoms with Gasteiger partial charge in [-0.1, -0.05) is 12.1 Å². The second kappa shape index (κ2) is 5.05. The Kier molecular flexibility index (Phi) is 3.88. The van der Waals surface area contributed by atoms with Crippen molar-refractivity contribution in [1.82, 2.24) is 9.13 Å². The third-order valence-corrected chi connectivity index (χ3v) is 4.82. The van der Waals surface area contributed by atoms with E-state index in [2.05, 4.69) is 0 Å². The Hall–Kier alpha value is -1.05. The van der Waals surface area contributed by atoms with Gasteiger partial charge in [-0.2, -0.15) is 0 Å². The van der Waals surface area contributed by atoms with Gasteiger partial charge in [-0.05, 0) is 38.8 Å². The summed E-state index contributed by atoms with van der Waals surface area (Å²) < 4.78 is 27.2. The largest absolute Gasteiger partial charge is 0.329 e. The van der Waals surface area contributed by atoms with Gasteiger partial charge in [-0.15, -0.1) is 0 Å². The molecule has 0 saturated heterocycles. The molecular formula is C13H20N2O3P2. The normalized spacial score (nSPS) is 13.0. The molecule has 5 nitrogen and oxygen atoms in total. The van der Waals surface area contributed by atoms with Gasteiger partial charge < -0.3 is 9.13 Å². The molecule has 0 spiro atoms. The van der Waals surface area contributed by atoms with E-state index >= 15 is 0 Å². The maximum absolute atomic E-state index is 12.5. The van der Waals surface area contributed by atoms with Crippen LogP contribution in [0.1, 0.15) is 0 Å². The van der Waals surface area contributed by atoms with E-state index in [9.17, 15) is 13.9 Å². The summed E-state index contributed by atoms with van der Waals surface area (Å²) in [5.41, 5.74) is 1.25. The van der Waals surface area contributed by atoms with Crippen molar-refractivity contribution in [3.8, 4) is 0 Å². The van der Waals surface area contributed by atoms with Crippen molar-refractivity contribution in [3.63, 3.8) is 0 Å². The summed E-state index contributed by atoms with van der Waals surface area (Å²) in [5, 5.41) is 0. The summed E-state index contributed by atoms with van der Waals surface area (Å²) in [4.78, 5) is 12.5. The standard InChI is InChI=1S/C13H20N2O3P2/c1-19(2,17)9-14-11-7-5-6-8-12(11)15(13(14)16)10-20(3,4)18/h5-8H,9-10H2,1-4H3. The van der Waals surface area contributed by atoms with Crippen molar-refractivity contribution < 1.29 is 9.13 Å². The Morgan fingerprint density at radius 3 is 1.50 bits per heavy atom. The minimum absolute atomic E-state index is 0.205. The van der Waals surface area contributed by atoms with Crippen molar-refractivity contribution in [2.24, 2.45) is 0 Å². The first kappa shape index (κ1) is 15.3. The van der Waals surface area contributed by atoms with Gasteiger partial charge in [0.2, 0.25) is 0 Å². The first-order valence-electron chi connectivity index (χ1n) is 6.34. The first-order chi connectivity index (χ1) is 9.08. The highest BCUT2D eigenvalue weighted by atomic mass is 31.2. The lowest BCUT2D eigenvalue weighted by Gasteiger charge is -2.08. The van der Waals surface area contributed by atoms with Crippen LogP contribution in [0.4, 0.5) is 0 Å². The van der Waals surface area contributed by atoms with Crippen molar-refractivity contribution in [1.29, 1.82) is 0 Å². The number of para-hydroxylation sites is 2. The van der Waals surface area contributed by atoms with Crippen molar-refractivity contribution >= 4 is 25.3 Å². The number of benzene rings is 1. The number of nitrogens with zero attached hydrogens (tertiary/aromatic N) is 2. The predicted molar refractivity (Wildman–Crippen MR) is 85.1 cm³/mol. The number of fused-ring (bicyclic) bond motifs is 1. The van der Waals surface area contributed by atoms with Crippen molar-refractivity contribution in [2.75, 3.05) is 26.7 Å². The van der Waals surface area contributed by atoms with E-state index in [0.29, 0.717) is 0 Å². The summed E-state index contributed by atoms with van der Waals surface area (Å²) in [6, 6.07) is 7.35. The Balaban J connectivity index is 2.71. The van der Waals surface area contributed by atoms with Gasteiger partial charge in [0.25, 0.3) is 0 Å². The summed E-state index contributed by atoms with van der Waals surface area (Å²) in [7, 11) is -4.75. The van der Waals surface area contributed by atoms with Gasteiger partial charge in [-0.25, -0.2) is 4.79 Å². The topological polar surface area (TPSA) is 61.1 Å². The van der Waals surface area contributed by atoms with Gasteiger partial charge in [0.1, 0.15) is 14.3 Å². The molecule has 1 heterocycles. The molecule has 0 fully saturated rings. The molecule has 0 aliphatic rings. The molecule has 0 amide bonds. The van der Waals surface area contributed by atoms with E-state index in [4.69, 9.17) is 0 Å². The highest BCUT2D eigenvalue weighted by molar-refractivity contribution is 7.61. The molecule has 0 radical (unpaired) electrons. The van der Waals surface area contributed by atoms with Crippen LogP contribution in [0, 0.1) is 0 Å². The van der Waals surface area contributed by atoms with Crippen LogP contribution in [-0.2, 0) is 21.7 Å². The maximum atomic E-state index is 12.5. The fourth-order valence-electron chi connectivity index (χ4n) is 2.23. The third-order valence-electron chi connectivity index (χ3n) is 2.89. The Labute approximate surface area is 118 Å². The monoisotopic (exact) mass is 314 g/mol. The highest BCUT2D eigenvalue weighted by Crippen LogP contribution is 2.40. The molecule has 0 N–H and O–H groups in total. The van der Waals surface area contributed by atoms with Crippen LogP contribution in [0.2, 0.25) is 0 Å². The van der Waals surface area contributed by atoms with Crippen LogP contribution in [0.15, 0.2) is 29.1 Å². The van der Waals surface area contributed by atoms with E-state index < -0.39 is 14.3 Å². The smallest absolute Gasteiger partial charge is 0.322 e. The van der Waals surface area contributed by atoms with Crippen LogP contribution in [0.3, 0.4) is 0 Å². The maximum Gasteiger partial charge on any atom is 0.329 e. The van der Waals surface area contributed by atoms with Crippen molar-refractivity contribution in [3.05, 3.63) is 34.7 Å². The fraction of sp³-hybridized carbons (Fsp3) is 0.462. The summed E-state index contributed by atoms with van der Waals surface area (Å²) in [6.07, 6.45) is 0.411. The number of rotatable bonds is 4. The molecule has 0 bridgehead atoms. The Morgan fingerprint density at radius 1 is 0.850 bits per heavy atom. The second-order valence-electron chi connectivity index (χ2n) is 6.06.